The van der Waals surface area contributed by atoms with Gasteiger partial charge in [-0.05, 0) is 30.2 Å². The second-order valence-electron chi connectivity index (χ2n) is 2.32. The Labute approximate surface area is 77.2 Å². The fourth-order valence-corrected chi connectivity index (χ4v) is 1.11. The van der Waals surface area contributed by atoms with Crippen molar-refractivity contribution in [1.82, 2.24) is 4.98 Å². The van der Waals surface area contributed by atoms with Gasteiger partial charge in [0.2, 0.25) is 0 Å². The van der Waals surface area contributed by atoms with Gasteiger partial charge < -0.3 is 0 Å². The van der Waals surface area contributed by atoms with Gasteiger partial charge in [0, 0.05) is 6.20 Å². The molecule has 11 heavy (non-hydrogen) atoms. The molecule has 1 rings (SSSR count). The molecule has 0 radical (unpaired) electrons. The Morgan fingerprint density at radius 2 is 2.27 bits per heavy atom. The van der Waals surface area contributed by atoms with Crippen LogP contribution in [-0.4, -0.2) is 10.7 Å². The number of halogens is 1. The lowest BCUT2D eigenvalue weighted by atomic mass is 10.2. The van der Waals surface area contributed by atoms with Crippen molar-refractivity contribution in [3.8, 4) is 0 Å². The van der Waals surface area contributed by atoms with E-state index in [1.54, 1.807) is 0 Å². The first kappa shape index (κ1) is 8.88. The monoisotopic (exact) mass is 187 g/mol. The van der Waals surface area contributed by atoms with Gasteiger partial charge in [-0.15, -0.1) is 0 Å². The molecule has 0 bridgehead atoms. The number of nitrogens with zero attached hydrogens (tertiary/aromatic N) is 1. The van der Waals surface area contributed by atoms with Crippen molar-refractivity contribution in [2.45, 2.75) is 12.8 Å². The summed E-state index contributed by atoms with van der Waals surface area (Å²) >= 11 is 9.74. The molecule has 0 atom stereocenters. The van der Waals surface area contributed by atoms with E-state index in [4.69, 9.17) is 11.6 Å². The summed E-state index contributed by atoms with van der Waals surface area (Å²) in [6.45, 7) is 0. The van der Waals surface area contributed by atoms with Gasteiger partial charge in [-0.3, -0.25) is 0 Å². The Hall–Kier alpha value is -0.210. The Kier molecular flexibility index (Phi) is 3.73. The molecular formula is C8H10ClNS. The van der Waals surface area contributed by atoms with E-state index in [2.05, 4.69) is 17.6 Å². The molecule has 0 aliphatic rings. The number of pyridine rings is 1. The van der Waals surface area contributed by atoms with E-state index in [1.807, 2.05) is 18.3 Å². The van der Waals surface area contributed by atoms with E-state index in [1.165, 1.54) is 5.56 Å². The molecule has 0 fully saturated rings. The van der Waals surface area contributed by atoms with Crippen LogP contribution in [0.15, 0.2) is 18.3 Å². The number of aromatic nitrogens is 1. The molecule has 1 nitrogen and oxygen atoms in total. The second kappa shape index (κ2) is 4.62. The summed E-state index contributed by atoms with van der Waals surface area (Å²) in [7, 11) is 0. The first-order valence-electron chi connectivity index (χ1n) is 3.54. The molecule has 0 N–H and O–H groups in total. The maximum absolute atomic E-state index is 5.62. The van der Waals surface area contributed by atoms with Crippen molar-refractivity contribution in [3.63, 3.8) is 0 Å². The fourth-order valence-electron chi connectivity index (χ4n) is 0.838. The van der Waals surface area contributed by atoms with Crippen LogP contribution < -0.4 is 0 Å². The zero-order valence-corrected chi connectivity index (χ0v) is 7.78. The molecule has 0 amide bonds. The average Bonchev–Trinajstić information content (AvgIpc) is 2.04. The van der Waals surface area contributed by atoms with Crippen LogP contribution in [0.4, 0.5) is 0 Å². The van der Waals surface area contributed by atoms with E-state index in [-0.39, 0.29) is 0 Å². The summed E-state index contributed by atoms with van der Waals surface area (Å²) in [5.41, 5.74) is 1.23. The average molecular weight is 188 g/mol. The molecule has 0 saturated carbocycles. The SMILES string of the molecule is SCCCc1ccc(Cl)nc1. The summed E-state index contributed by atoms with van der Waals surface area (Å²) in [6.07, 6.45) is 3.94. The molecule has 1 aromatic heterocycles. The van der Waals surface area contributed by atoms with Crippen LogP contribution in [0.2, 0.25) is 5.15 Å². The Morgan fingerprint density at radius 3 is 2.82 bits per heavy atom. The molecule has 0 spiro atoms. The predicted octanol–water partition coefficient (Wildman–Crippen LogP) is 2.60. The highest BCUT2D eigenvalue weighted by atomic mass is 35.5. The number of thiol groups is 1. The molecule has 60 valence electrons. The first-order valence-corrected chi connectivity index (χ1v) is 4.55. The summed E-state index contributed by atoms with van der Waals surface area (Å²) in [4.78, 5) is 3.97. The fraction of sp³-hybridized carbons (Fsp3) is 0.375. The normalized spacial score (nSPS) is 10.0. The lowest BCUT2D eigenvalue weighted by Gasteiger charge is -1.97. The molecule has 0 aliphatic carbocycles. The number of hydrogen-bond donors (Lipinski definition) is 1. The molecule has 3 heteroatoms. The summed E-state index contributed by atoms with van der Waals surface area (Å²) in [6, 6.07) is 3.81. The highest BCUT2D eigenvalue weighted by Crippen LogP contribution is 2.07. The van der Waals surface area contributed by atoms with Crippen LogP contribution in [0.1, 0.15) is 12.0 Å². The van der Waals surface area contributed by atoms with Gasteiger partial charge in [0.05, 0.1) is 0 Å². The molecule has 1 aromatic rings. The topological polar surface area (TPSA) is 12.9 Å². The minimum atomic E-state index is 0.555. The lowest BCUT2D eigenvalue weighted by Crippen LogP contribution is -1.87. The van der Waals surface area contributed by atoms with Crippen molar-refractivity contribution >= 4 is 24.2 Å². The summed E-state index contributed by atoms with van der Waals surface area (Å²) < 4.78 is 0. The minimum Gasteiger partial charge on any atom is -0.244 e. The third-order valence-corrected chi connectivity index (χ3v) is 1.95. The Morgan fingerprint density at radius 1 is 1.45 bits per heavy atom. The third-order valence-electron chi connectivity index (χ3n) is 1.41. The van der Waals surface area contributed by atoms with Gasteiger partial charge in [-0.2, -0.15) is 12.6 Å². The number of rotatable bonds is 3. The van der Waals surface area contributed by atoms with Crippen LogP contribution in [0.3, 0.4) is 0 Å². The van der Waals surface area contributed by atoms with Crippen molar-refractivity contribution in [2.24, 2.45) is 0 Å². The van der Waals surface area contributed by atoms with Gasteiger partial charge in [0.15, 0.2) is 0 Å². The molecular weight excluding hydrogens is 178 g/mol. The van der Waals surface area contributed by atoms with Crippen LogP contribution in [-0.2, 0) is 6.42 Å². The smallest absolute Gasteiger partial charge is 0.129 e. The van der Waals surface area contributed by atoms with Gasteiger partial charge in [0.25, 0.3) is 0 Å². The predicted molar refractivity (Wildman–Crippen MR) is 51.4 cm³/mol. The number of hydrogen-bond acceptors (Lipinski definition) is 2. The quantitative estimate of drug-likeness (QED) is 0.567. The first-order chi connectivity index (χ1) is 5.33. The molecule has 0 aromatic carbocycles. The van der Waals surface area contributed by atoms with Crippen LogP contribution in [0, 0.1) is 0 Å². The highest BCUT2D eigenvalue weighted by molar-refractivity contribution is 7.80. The number of aryl methyl sites for hydroxylation is 1. The van der Waals surface area contributed by atoms with Crippen molar-refractivity contribution in [2.75, 3.05) is 5.75 Å². The highest BCUT2D eigenvalue weighted by Gasteiger charge is 1.92. The van der Waals surface area contributed by atoms with Gasteiger partial charge in [-0.1, -0.05) is 17.7 Å². The minimum absolute atomic E-state index is 0.555. The standard InChI is InChI=1S/C8H10ClNS/c9-8-4-3-7(6-10-8)2-1-5-11/h3-4,6,11H,1-2,5H2. The Balaban J connectivity index is 2.52. The third kappa shape index (κ3) is 3.12. The van der Waals surface area contributed by atoms with Gasteiger partial charge in [-0.25, -0.2) is 4.98 Å². The van der Waals surface area contributed by atoms with Gasteiger partial charge >= 0.3 is 0 Å². The second-order valence-corrected chi connectivity index (χ2v) is 3.15. The maximum Gasteiger partial charge on any atom is 0.129 e. The van der Waals surface area contributed by atoms with Crippen LogP contribution in [0.25, 0.3) is 0 Å². The zero-order chi connectivity index (χ0) is 8.10. The maximum atomic E-state index is 5.62. The van der Waals surface area contributed by atoms with Crippen LogP contribution >= 0.6 is 24.2 Å². The summed E-state index contributed by atoms with van der Waals surface area (Å²) in [5, 5.41) is 0.555. The largest absolute Gasteiger partial charge is 0.244 e. The van der Waals surface area contributed by atoms with E-state index < -0.39 is 0 Å². The van der Waals surface area contributed by atoms with Crippen molar-refractivity contribution in [3.05, 3.63) is 29.0 Å². The van der Waals surface area contributed by atoms with Crippen LogP contribution in [0.5, 0.6) is 0 Å². The molecule has 1 heterocycles. The van der Waals surface area contributed by atoms with E-state index in [0.29, 0.717) is 5.15 Å². The van der Waals surface area contributed by atoms with Crippen molar-refractivity contribution < 1.29 is 0 Å². The lowest BCUT2D eigenvalue weighted by molar-refractivity contribution is 0.927. The van der Waals surface area contributed by atoms with Crippen molar-refractivity contribution in [1.29, 1.82) is 0 Å². The molecule has 0 aliphatic heterocycles. The van der Waals surface area contributed by atoms with E-state index >= 15 is 0 Å². The van der Waals surface area contributed by atoms with E-state index in [9.17, 15) is 0 Å². The Bertz CT molecular complexity index is 210. The van der Waals surface area contributed by atoms with Gasteiger partial charge in [0.1, 0.15) is 5.15 Å². The molecule has 0 saturated heterocycles. The van der Waals surface area contributed by atoms with E-state index in [0.717, 1.165) is 18.6 Å². The zero-order valence-electron chi connectivity index (χ0n) is 6.13. The summed E-state index contributed by atoms with van der Waals surface area (Å²) in [5.74, 6) is 0.919. The molecule has 0 unspecified atom stereocenters.